The highest BCUT2D eigenvalue weighted by atomic mass is 32.1. The zero-order valence-electron chi connectivity index (χ0n) is 23.0. The fourth-order valence-corrected chi connectivity index (χ4v) is 8.47. The van der Waals surface area contributed by atoms with Crippen LogP contribution in [0.2, 0.25) is 0 Å². The summed E-state index contributed by atoms with van der Waals surface area (Å²) in [6.07, 6.45) is 0. The van der Waals surface area contributed by atoms with Crippen LogP contribution in [0, 0.1) is 0 Å². The minimum atomic E-state index is -0.00884. The molecule has 8 aromatic rings. The summed E-state index contributed by atoms with van der Waals surface area (Å²) in [4.78, 5) is 0. The fourth-order valence-electron chi connectivity index (χ4n) is 7.21. The van der Waals surface area contributed by atoms with Crippen molar-refractivity contribution in [2.75, 3.05) is 0 Å². The van der Waals surface area contributed by atoms with Crippen molar-refractivity contribution in [3.05, 3.63) is 139 Å². The predicted molar refractivity (Wildman–Crippen MR) is 177 cm³/mol. The maximum absolute atomic E-state index is 2.45. The standard InChI is InChI=1S/C39H27NS/c1-39(2)33-17-8-6-13-27(33)28-20-19-24(21-34(28)39)26-15-10-16-30-32-22-36-31(23-37(32)41-38(26)30)29-14-7-9-18-35(29)40(36)25-11-4-3-5-12-25/h3-23H,1-2H3. The molecule has 0 bridgehead atoms. The lowest BCUT2D eigenvalue weighted by Gasteiger charge is -2.22. The van der Waals surface area contributed by atoms with Crippen molar-refractivity contribution in [3.63, 3.8) is 0 Å². The Kier molecular flexibility index (Phi) is 4.61. The van der Waals surface area contributed by atoms with Gasteiger partial charge in [0.05, 0.1) is 11.0 Å². The van der Waals surface area contributed by atoms with Gasteiger partial charge in [0, 0.05) is 42.0 Å². The maximum atomic E-state index is 2.45. The lowest BCUT2D eigenvalue weighted by molar-refractivity contribution is 0.660. The summed E-state index contributed by atoms with van der Waals surface area (Å²) < 4.78 is 5.11. The van der Waals surface area contributed by atoms with Gasteiger partial charge in [0.15, 0.2) is 0 Å². The van der Waals surface area contributed by atoms with Gasteiger partial charge in [0.25, 0.3) is 0 Å². The van der Waals surface area contributed by atoms with Crippen LogP contribution in [0.15, 0.2) is 127 Å². The summed E-state index contributed by atoms with van der Waals surface area (Å²) in [5.74, 6) is 0. The van der Waals surface area contributed by atoms with Crippen LogP contribution in [-0.2, 0) is 5.41 Å². The van der Waals surface area contributed by atoms with E-state index in [1.54, 1.807) is 0 Å². The Morgan fingerprint density at radius 3 is 2.15 bits per heavy atom. The van der Waals surface area contributed by atoms with Crippen molar-refractivity contribution < 1.29 is 0 Å². The smallest absolute Gasteiger partial charge is 0.0548 e. The highest BCUT2D eigenvalue weighted by Gasteiger charge is 2.35. The summed E-state index contributed by atoms with van der Waals surface area (Å²) in [6.45, 7) is 4.72. The molecule has 6 aromatic carbocycles. The van der Waals surface area contributed by atoms with Crippen molar-refractivity contribution in [2.24, 2.45) is 0 Å². The highest BCUT2D eigenvalue weighted by molar-refractivity contribution is 7.26. The quantitative estimate of drug-likeness (QED) is 0.205. The summed E-state index contributed by atoms with van der Waals surface area (Å²) >= 11 is 1.92. The number of thiophene rings is 1. The second-order valence-electron chi connectivity index (χ2n) is 11.8. The average molecular weight is 542 g/mol. The van der Waals surface area contributed by atoms with E-state index in [-0.39, 0.29) is 5.41 Å². The number of rotatable bonds is 2. The number of aromatic nitrogens is 1. The second-order valence-corrected chi connectivity index (χ2v) is 12.8. The fraction of sp³-hybridized carbons (Fsp3) is 0.0769. The zero-order valence-corrected chi connectivity index (χ0v) is 23.8. The number of hydrogen-bond donors (Lipinski definition) is 0. The Bertz CT molecular complexity index is 2330. The van der Waals surface area contributed by atoms with E-state index in [0.717, 1.165) is 0 Å². The van der Waals surface area contributed by atoms with E-state index in [2.05, 4.69) is 146 Å². The first-order chi connectivity index (χ1) is 20.1. The third-order valence-corrected chi connectivity index (χ3v) is 10.4. The molecule has 2 aromatic heterocycles. The predicted octanol–water partition coefficient (Wildman–Crippen LogP) is 11.1. The molecule has 194 valence electrons. The molecule has 41 heavy (non-hydrogen) atoms. The molecule has 0 unspecified atom stereocenters. The number of benzene rings is 6. The minimum Gasteiger partial charge on any atom is -0.309 e. The topological polar surface area (TPSA) is 4.93 Å². The van der Waals surface area contributed by atoms with Gasteiger partial charge in [-0.2, -0.15) is 0 Å². The molecule has 0 aliphatic heterocycles. The van der Waals surface area contributed by atoms with Gasteiger partial charge in [-0.1, -0.05) is 105 Å². The Morgan fingerprint density at radius 1 is 0.512 bits per heavy atom. The van der Waals surface area contributed by atoms with E-state index in [1.807, 2.05) is 11.3 Å². The average Bonchev–Trinajstić information content (AvgIpc) is 3.62. The van der Waals surface area contributed by atoms with Crippen molar-refractivity contribution >= 4 is 53.3 Å². The summed E-state index contributed by atoms with van der Waals surface area (Å²) in [5.41, 5.74) is 11.9. The molecule has 9 rings (SSSR count). The SMILES string of the molecule is CC1(C)c2ccccc2-c2ccc(-c3cccc4c3sc3cc5c6ccccc6n(-c6ccccc6)c5cc34)cc21. The van der Waals surface area contributed by atoms with E-state index in [9.17, 15) is 0 Å². The summed E-state index contributed by atoms with van der Waals surface area (Å²) in [5, 5.41) is 5.26. The molecule has 2 heteroatoms. The van der Waals surface area contributed by atoms with E-state index >= 15 is 0 Å². The molecule has 1 nitrogen and oxygen atoms in total. The Hall–Kier alpha value is -4.66. The molecule has 0 saturated heterocycles. The first kappa shape index (κ1) is 23.1. The number of para-hydroxylation sites is 2. The second kappa shape index (κ2) is 8.19. The lowest BCUT2D eigenvalue weighted by atomic mass is 9.81. The van der Waals surface area contributed by atoms with Gasteiger partial charge in [-0.25, -0.2) is 0 Å². The van der Waals surface area contributed by atoms with Crippen LogP contribution in [0.3, 0.4) is 0 Å². The molecule has 0 saturated carbocycles. The summed E-state index contributed by atoms with van der Waals surface area (Å²) in [7, 11) is 0. The Morgan fingerprint density at radius 2 is 1.24 bits per heavy atom. The molecular formula is C39H27NS. The molecule has 1 aliphatic rings. The van der Waals surface area contributed by atoms with Crippen LogP contribution in [0.1, 0.15) is 25.0 Å². The molecule has 0 spiro atoms. The number of hydrogen-bond acceptors (Lipinski definition) is 1. The van der Waals surface area contributed by atoms with Crippen LogP contribution in [0.4, 0.5) is 0 Å². The van der Waals surface area contributed by atoms with E-state index < -0.39 is 0 Å². The van der Waals surface area contributed by atoms with Gasteiger partial charge in [-0.05, 0) is 69.8 Å². The maximum Gasteiger partial charge on any atom is 0.0548 e. The van der Waals surface area contributed by atoms with Gasteiger partial charge < -0.3 is 4.57 Å². The molecule has 2 heterocycles. The van der Waals surface area contributed by atoms with Gasteiger partial charge >= 0.3 is 0 Å². The summed E-state index contributed by atoms with van der Waals surface area (Å²) in [6, 6.07) is 47.2. The van der Waals surface area contributed by atoms with Gasteiger partial charge in [-0.15, -0.1) is 11.3 Å². The number of fused-ring (bicyclic) bond motifs is 9. The molecule has 1 aliphatic carbocycles. The molecule has 0 atom stereocenters. The van der Waals surface area contributed by atoms with Crippen molar-refractivity contribution in [1.29, 1.82) is 0 Å². The van der Waals surface area contributed by atoms with Gasteiger partial charge in [0.2, 0.25) is 0 Å². The first-order valence-electron chi connectivity index (χ1n) is 14.3. The molecule has 0 N–H and O–H groups in total. The molecule has 0 amide bonds. The minimum absolute atomic E-state index is 0.00884. The van der Waals surface area contributed by atoms with E-state index in [0.29, 0.717) is 0 Å². The third kappa shape index (κ3) is 3.11. The van der Waals surface area contributed by atoms with Crippen LogP contribution in [0.25, 0.3) is 69.9 Å². The first-order valence-corrected chi connectivity index (χ1v) is 15.1. The normalized spacial score (nSPS) is 13.8. The van der Waals surface area contributed by atoms with Crippen molar-refractivity contribution in [3.8, 4) is 27.9 Å². The van der Waals surface area contributed by atoms with E-state index in [4.69, 9.17) is 0 Å². The molecule has 0 fully saturated rings. The largest absolute Gasteiger partial charge is 0.309 e. The Labute approximate surface area is 242 Å². The molecular weight excluding hydrogens is 515 g/mol. The van der Waals surface area contributed by atoms with Crippen LogP contribution in [-0.4, -0.2) is 4.57 Å². The van der Waals surface area contributed by atoms with Crippen molar-refractivity contribution in [2.45, 2.75) is 19.3 Å². The lowest BCUT2D eigenvalue weighted by Crippen LogP contribution is -2.14. The van der Waals surface area contributed by atoms with Gasteiger partial charge in [0.1, 0.15) is 0 Å². The third-order valence-electron chi connectivity index (χ3n) is 9.20. The van der Waals surface area contributed by atoms with Crippen LogP contribution in [0.5, 0.6) is 0 Å². The zero-order chi connectivity index (χ0) is 27.3. The van der Waals surface area contributed by atoms with Crippen molar-refractivity contribution in [1.82, 2.24) is 4.57 Å². The van der Waals surface area contributed by atoms with Gasteiger partial charge in [-0.3, -0.25) is 0 Å². The molecule has 0 radical (unpaired) electrons. The van der Waals surface area contributed by atoms with Crippen LogP contribution >= 0.6 is 11.3 Å². The monoisotopic (exact) mass is 541 g/mol. The highest BCUT2D eigenvalue weighted by Crippen LogP contribution is 2.50. The Balaban J connectivity index is 1.29. The number of nitrogens with zero attached hydrogens (tertiary/aromatic N) is 1. The van der Waals surface area contributed by atoms with Crippen LogP contribution < -0.4 is 0 Å². The van der Waals surface area contributed by atoms with E-state index in [1.165, 1.54) is 81.0 Å².